The number of non-ortho nitro benzene ring substituents is 1. The van der Waals surface area contributed by atoms with E-state index in [9.17, 15) is 14.9 Å². The van der Waals surface area contributed by atoms with Gasteiger partial charge >= 0.3 is 0 Å². The number of benzene rings is 1. The Morgan fingerprint density at radius 1 is 1.48 bits per heavy atom. The standard InChI is InChI=1S/C14H21N3O4/c1-4-12(14(15)18)21-13-6-5-11(17(19)20)7-10(13)8-16-9(2)3/h5-7,9,12,16H,4,8H2,1-3H3,(H2,15,18). The second kappa shape index (κ2) is 7.58. The van der Waals surface area contributed by atoms with Gasteiger partial charge in [0.15, 0.2) is 6.10 Å². The van der Waals surface area contributed by atoms with Crippen molar-refractivity contribution in [3.8, 4) is 5.75 Å². The fourth-order valence-electron chi connectivity index (χ4n) is 1.74. The largest absolute Gasteiger partial charge is 0.480 e. The van der Waals surface area contributed by atoms with Crippen LogP contribution < -0.4 is 15.8 Å². The van der Waals surface area contributed by atoms with E-state index >= 15 is 0 Å². The molecule has 116 valence electrons. The first-order valence-corrected chi connectivity index (χ1v) is 6.81. The number of carbonyl (C=O) groups excluding carboxylic acids is 1. The molecule has 0 bridgehead atoms. The van der Waals surface area contributed by atoms with E-state index in [0.717, 1.165) is 0 Å². The molecule has 0 heterocycles. The second-order valence-corrected chi connectivity index (χ2v) is 5.00. The summed E-state index contributed by atoms with van der Waals surface area (Å²) in [5.41, 5.74) is 5.86. The fourth-order valence-corrected chi connectivity index (χ4v) is 1.74. The minimum atomic E-state index is -0.746. The molecule has 21 heavy (non-hydrogen) atoms. The third-order valence-corrected chi connectivity index (χ3v) is 2.91. The summed E-state index contributed by atoms with van der Waals surface area (Å²) in [6, 6.07) is 4.51. The van der Waals surface area contributed by atoms with E-state index in [1.165, 1.54) is 18.2 Å². The number of primary amides is 1. The molecule has 1 rings (SSSR count). The molecule has 3 N–H and O–H groups in total. The molecule has 0 radical (unpaired) electrons. The molecule has 1 atom stereocenters. The summed E-state index contributed by atoms with van der Waals surface area (Å²) in [5, 5.41) is 14.0. The fraction of sp³-hybridized carbons (Fsp3) is 0.500. The molecule has 7 heteroatoms. The first-order chi connectivity index (χ1) is 9.85. The van der Waals surface area contributed by atoms with Gasteiger partial charge in [-0.1, -0.05) is 20.8 Å². The number of rotatable bonds is 8. The van der Waals surface area contributed by atoms with E-state index in [0.29, 0.717) is 24.3 Å². The zero-order chi connectivity index (χ0) is 16.0. The number of nitro groups is 1. The van der Waals surface area contributed by atoms with E-state index in [4.69, 9.17) is 10.5 Å². The number of nitrogens with one attached hydrogen (secondary N) is 1. The van der Waals surface area contributed by atoms with Gasteiger partial charge in [0, 0.05) is 30.3 Å². The maximum Gasteiger partial charge on any atom is 0.270 e. The van der Waals surface area contributed by atoms with Crippen LogP contribution >= 0.6 is 0 Å². The Kier molecular flexibility index (Phi) is 6.10. The van der Waals surface area contributed by atoms with Crippen molar-refractivity contribution in [2.45, 2.75) is 45.9 Å². The first-order valence-electron chi connectivity index (χ1n) is 6.81. The predicted octanol–water partition coefficient (Wildman–Crippen LogP) is 1.74. The number of nitrogens with two attached hydrogens (primary N) is 1. The van der Waals surface area contributed by atoms with Gasteiger partial charge in [-0.3, -0.25) is 14.9 Å². The SMILES string of the molecule is CCC(Oc1ccc([N+](=O)[O-])cc1CNC(C)C)C(N)=O. The van der Waals surface area contributed by atoms with E-state index < -0.39 is 16.9 Å². The Labute approximate surface area is 123 Å². The predicted molar refractivity (Wildman–Crippen MR) is 79.0 cm³/mol. The second-order valence-electron chi connectivity index (χ2n) is 5.00. The third kappa shape index (κ3) is 5.03. The number of ether oxygens (including phenoxy) is 1. The van der Waals surface area contributed by atoms with Gasteiger partial charge in [0.25, 0.3) is 11.6 Å². The normalized spacial score (nSPS) is 12.2. The maximum absolute atomic E-state index is 11.3. The maximum atomic E-state index is 11.3. The van der Waals surface area contributed by atoms with Gasteiger partial charge in [0.1, 0.15) is 5.75 Å². The average Bonchev–Trinajstić information content (AvgIpc) is 2.42. The zero-order valence-electron chi connectivity index (χ0n) is 12.5. The van der Waals surface area contributed by atoms with Crippen LogP contribution in [0.3, 0.4) is 0 Å². The zero-order valence-corrected chi connectivity index (χ0v) is 12.5. The van der Waals surface area contributed by atoms with E-state index in [2.05, 4.69) is 5.32 Å². The summed E-state index contributed by atoms with van der Waals surface area (Å²) in [6.45, 7) is 6.13. The molecule has 0 aliphatic carbocycles. The lowest BCUT2D eigenvalue weighted by molar-refractivity contribution is -0.384. The average molecular weight is 295 g/mol. The minimum Gasteiger partial charge on any atom is -0.480 e. The van der Waals surface area contributed by atoms with Crippen LogP contribution in [0.2, 0.25) is 0 Å². The van der Waals surface area contributed by atoms with Gasteiger partial charge < -0.3 is 15.8 Å². The lowest BCUT2D eigenvalue weighted by Crippen LogP contribution is -2.33. The monoisotopic (exact) mass is 295 g/mol. The van der Waals surface area contributed by atoms with E-state index in [1.807, 2.05) is 13.8 Å². The van der Waals surface area contributed by atoms with Crippen LogP contribution in [-0.4, -0.2) is 23.0 Å². The Hall–Kier alpha value is -2.15. The number of hydrogen-bond donors (Lipinski definition) is 2. The number of amides is 1. The van der Waals surface area contributed by atoms with E-state index in [1.54, 1.807) is 6.92 Å². The molecule has 0 fully saturated rings. The summed E-state index contributed by atoms with van der Waals surface area (Å²) in [5.74, 6) is -0.127. The van der Waals surface area contributed by atoms with Crippen molar-refractivity contribution in [2.75, 3.05) is 0 Å². The summed E-state index contributed by atoms with van der Waals surface area (Å²) in [4.78, 5) is 21.7. The lowest BCUT2D eigenvalue weighted by atomic mass is 10.1. The summed E-state index contributed by atoms with van der Waals surface area (Å²) in [7, 11) is 0. The van der Waals surface area contributed by atoms with Crippen molar-refractivity contribution in [3.63, 3.8) is 0 Å². The molecule has 1 unspecified atom stereocenters. The van der Waals surface area contributed by atoms with Crippen LogP contribution in [0.4, 0.5) is 5.69 Å². The highest BCUT2D eigenvalue weighted by Crippen LogP contribution is 2.25. The van der Waals surface area contributed by atoms with Crippen LogP contribution in [0, 0.1) is 10.1 Å². The van der Waals surface area contributed by atoms with Crippen LogP contribution in [0.25, 0.3) is 0 Å². The van der Waals surface area contributed by atoms with E-state index in [-0.39, 0.29) is 11.7 Å². The Morgan fingerprint density at radius 3 is 2.62 bits per heavy atom. The minimum absolute atomic E-state index is 0.0185. The Bertz CT molecular complexity index is 517. The molecule has 1 amide bonds. The quantitative estimate of drug-likeness (QED) is 0.561. The lowest BCUT2D eigenvalue weighted by Gasteiger charge is -2.18. The summed E-state index contributed by atoms with van der Waals surface area (Å²) in [6.07, 6.45) is -0.312. The van der Waals surface area contributed by atoms with Crippen molar-refractivity contribution < 1.29 is 14.5 Å². The molecule has 1 aromatic rings. The van der Waals surface area contributed by atoms with Gasteiger partial charge in [0.05, 0.1) is 4.92 Å². The molecular formula is C14H21N3O4. The van der Waals surface area contributed by atoms with Gasteiger partial charge in [-0.05, 0) is 12.5 Å². The Morgan fingerprint density at radius 2 is 2.14 bits per heavy atom. The molecule has 0 aromatic heterocycles. The molecule has 7 nitrogen and oxygen atoms in total. The van der Waals surface area contributed by atoms with Crippen LogP contribution in [0.1, 0.15) is 32.8 Å². The summed E-state index contributed by atoms with van der Waals surface area (Å²) < 4.78 is 5.59. The molecule has 0 aliphatic rings. The van der Waals surface area contributed by atoms with Crippen molar-refractivity contribution in [1.82, 2.24) is 5.32 Å². The molecule has 0 saturated carbocycles. The number of carbonyl (C=O) groups is 1. The van der Waals surface area contributed by atoms with Crippen LogP contribution in [0.15, 0.2) is 18.2 Å². The highest BCUT2D eigenvalue weighted by molar-refractivity contribution is 5.79. The number of nitro benzene ring substituents is 1. The van der Waals surface area contributed by atoms with Crippen molar-refractivity contribution in [3.05, 3.63) is 33.9 Å². The van der Waals surface area contributed by atoms with Gasteiger partial charge in [0.2, 0.25) is 0 Å². The Balaban J connectivity index is 3.05. The van der Waals surface area contributed by atoms with Crippen molar-refractivity contribution in [1.29, 1.82) is 0 Å². The first kappa shape index (κ1) is 16.9. The summed E-state index contributed by atoms with van der Waals surface area (Å²) >= 11 is 0. The number of nitrogens with zero attached hydrogens (tertiary/aromatic N) is 1. The van der Waals surface area contributed by atoms with Gasteiger partial charge in [-0.25, -0.2) is 0 Å². The molecular weight excluding hydrogens is 274 g/mol. The molecule has 1 aromatic carbocycles. The molecule has 0 aliphatic heterocycles. The van der Waals surface area contributed by atoms with Gasteiger partial charge in [-0.2, -0.15) is 0 Å². The van der Waals surface area contributed by atoms with Crippen molar-refractivity contribution >= 4 is 11.6 Å². The molecule has 0 spiro atoms. The highest BCUT2D eigenvalue weighted by Gasteiger charge is 2.18. The van der Waals surface area contributed by atoms with Crippen LogP contribution in [-0.2, 0) is 11.3 Å². The van der Waals surface area contributed by atoms with Crippen LogP contribution in [0.5, 0.6) is 5.75 Å². The smallest absolute Gasteiger partial charge is 0.270 e. The highest BCUT2D eigenvalue weighted by atomic mass is 16.6. The number of hydrogen-bond acceptors (Lipinski definition) is 5. The molecule has 0 saturated heterocycles. The topological polar surface area (TPSA) is 107 Å². The third-order valence-electron chi connectivity index (χ3n) is 2.91. The van der Waals surface area contributed by atoms with Gasteiger partial charge in [-0.15, -0.1) is 0 Å². The van der Waals surface area contributed by atoms with Crippen molar-refractivity contribution in [2.24, 2.45) is 5.73 Å².